The van der Waals surface area contributed by atoms with Gasteiger partial charge < -0.3 is 15.1 Å². The molecule has 0 aliphatic rings. The topological polar surface area (TPSA) is 63.1 Å². The summed E-state index contributed by atoms with van der Waals surface area (Å²) in [6, 6.07) is 33.1. The number of hydrogen-bond donors (Lipinski definition) is 1. The standard InChI is InChI=1S/C22H26NSi.C20H22NSi.C14H26O2.Ir/c1-15(2)18-11-16(3)12-19(13-18)22-21-8-7-20(24(4,5)6)14-17(21)9-10-23-22;1-14-10-15(2)12-17(11-14)20-19-7-6-18(22(3,4)5)13-16(19)8-9-21-20;1-6-11(7-2)12(15)10-13(16)14(5,8-3)9-4;/h7-11,13-15H,1-6H3;6-11,13H,1-5H3;10-11,16H,6-9H2,1-5H3;/q2*-1;;/b;;13-10-;/i;9D;;. The number of nitrogens with zero attached hydrogens (tertiary/aromatic N) is 2. The summed E-state index contributed by atoms with van der Waals surface area (Å²) in [5, 5.41) is 17.6. The molecule has 1 N–H and O–H groups in total. The van der Waals surface area contributed by atoms with E-state index in [4.69, 9.17) is 6.35 Å². The first-order chi connectivity index (χ1) is 29.4. The number of carbonyl (C=O) groups excluding carboxylic acids is 1. The van der Waals surface area contributed by atoms with Gasteiger partial charge in [-0.05, 0) is 76.7 Å². The van der Waals surface area contributed by atoms with Gasteiger partial charge in [-0.25, -0.2) is 0 Å². The van der Waals surface area contributed by atoms with Crippen molar-refractivity contribution in [1.82, 2.24) is 9.97 Å². The van der Waals surface area contributed by atoms with E-state index in [0.717, 1.165) is 64.5 Å². The molecule has 0 bridgehead atoms. The number of rotatable bonds is 12. The van der Waals surface area contributed by atoms with Crippen LogP contribution in [0.4, 0.5) is 0 Å². The Kier molecular flexibility index (Phi) is 18.6. The van der Waals surface area contributed by atoms with Crippen molar-refractivity contribution in [1.29, 1.82) is 0 Å². The predicted octanol–water partition coefficient (Wildman–Crippen LogP) is 14.8. The molecular weight excluding hydrogens is 981 g/mol. The minimum atomic E-state index is -1.37. The first-order valence-electron chi connectivity index (χ1n) is 23.3. The Balaban J connectivity index is 0.000000259. The van der Waals surface area contributed by atoms with Crippen LogP contribution in [0.15, 0.2) is 97.0 Å². The van der Waals surface area contributed by atoms with E-state index >= 15 is 0 Å². The number of allylic oxidation sites excluding steroid dienone is 2. The summed E-state index contributed by atoms with van der Waals surface area (Å²) in [5.41, 5.74) is 8.55. The molecule has 0 saturated carbocycles. The van der Waals surface area contributed by atoms with Gasteiger partial charge in [0.2, 0.25) is 0 Å². The number of aliphatic hydroxyl groups is 1. The van der Waals surface area contributed by atoms with E-state index in [1.54, 1.807) is 0 Å². The quantitative estimate of drug-likeness (QED) is 0.0574. The molecule has 0 saturated heterocycles. The van der Waals surface area contributed by atoms with Gasteiger partial charge in [-0.3, -0.25) is 4.79 Å². The number of hydrogen-bond acceptors (Lipinski definition) is 4. The zero-order valence-corrected chi connectivity index (χ0v) is 45.5. The Morgan fingerprint density at radius 1 is 0.730 bits per heavy atom. The van der Waals surface area contributed by atoms with E-state index in [-0.39, 0.29) is 43.0 Å². The van der Waals surface area contributed by atoms with Crippen LogP contribution in [0.2, 0.25) is 39.3 Å². The molecule has 6 rings (SSSR count). The first kappa shape index (κ1) is 51.6. The minimum absolute atomic E-state index is 0. The normalized spacial score (nSPS) is 12.3. The number of benzene rings is 4. The van der Waals surface area contributed by atoms with E-state index in [2.05, 4.69) is 151 Å². The molecule has 339 valence electrons. The molecule has 0 unspecified atom stereocenters. The number of ketones is 1. The fourth-order valence-corrected chi connectivity index (χ4v) is 9.96. The van der Waals surface area contributed by atoms with Crippen molar-refractivity contribution in [2.45, 2.75) is 140 Å². The van der Waals surface area contributed by atoms with Crippen LogP contribution < -0.4 is 10.4 Å². The van der Waals surface area contributed by atoms with Gasteiger partial charge in [0, 0.05) is 49.9 Å². The monoisotopic (exact) mass is 1060 g/mol. The molecule has 7 heteroatoms. The average Bonchev–Trinajstić information content (AvgIpc) is 3.22. The molecule has 4 aromatic carbocycles. The third kappa shape index (κ3) is 14.0. The average molecular weight is 1060 g/mol. The number of fused-ring (bicyclic) bond motifs is 2. The molecule has 0 atom stereocenters. The van der Waals surface area contributed by atoms with Gasteiger partial charge in [-0.1, -0.05) is 155 Å². The van der Waals surface area contributed by atoms with Crippen molar-refractivity contribution in [3.05, 3.63) is 131 Å². The predicted molar refractivity (Wildman–Crippen MR) is 275 cm³/mol. The van der Waals surface area contributed by atoms with Crippen molar-refractivity contribution >= 4 is 53.8 Å². The third-order valence-corrected chi connectivity index (χ3v) is 16.5. The number of aromatic nitrogens is 2. The van der Waals surface area contributed by atoms with Crippen molar-refractivity contribution < 1.29 is 31.4 Å². The van der Waals surface area contributed by atoms with Crippen LogP contribution in [-0.2, 0) is 24.9 Å². The van der Waals surface area contributed by atoms with Crippen molar-refractivity contribution in [2.75, 3.05) is 0 Å². The van der Waals surface area contributed by atoms with Crippen molar-refractivity contribution in [3.8, 4) is 22.5 Å². The molecule has 0 fully saturated rings. The smallest absolute Gasteiger partial charge is 0.162 e. The van der Waals surface area contributed by atoms with Crippen LogP contribution in [0.5, 0.6) is 0 Å². The van der Waals surface area contributed by atoms with Crippen LogP contribution in [0.25, 0.3) is 44.1 Å². The minimum Gasteiger partial charge on any atom is -0.512 e. The second-order valence-corrected chi connectivity index (χ2v) is 29.9. The molecule has 2 aromatic heterocycles. The van der Waals surface area contributed by atoms with E-state index in [0.29, 0.717) is 12.1 Å². The van der Waals surface area contributed by atoms with E-state index in [1.807, 2.05) is 53.8 Å². The molecule has 6 aromatic rings. The van der Waals surface area contributed by atoms with Gasteiger partial charge in [-0.2, -0.15) is 0 Å². The van der Waals surface area contributed by atoms with Crippen LogP contribution >= 0.6 is 0 Å². The Labute approximate surface area is 398 Å². The van der Waals surface area contributed by atoms with E-state index in [9.17, 15) is 9.90 Å². The van der Waals surface area contributed by atoms with Gasteiger partial charge >= 0.3 is 0 Å². The van der Waals surface area contributed by atoms with Crippen LogP contribution in [-0.4, -0.2) is 37.0 Å². The third-order valence-electron chi connectivity index (χ3n) is 12.4. The molecule has 4 nitrogen and oxygen atoms in total. The second-order valence-electron chi connectivity index (χ2n) is 19.8. The van der Waals surface area contributed by atoms with E-state index < -0.39 is 16.1 Å². The molecule has 0 amide bonds. The molecule has 0 spiro atoms. The molecule has 0 aliphatic heterocycles. The summed E-state index contributed by atoms with van der Waals surface area (Å²) in [7, 11) is -2.68. The van der Waals surface area contributed by atoms with Crippen LogP contribution in [0, 0.1) is 44.2 Å². The van der Waals surface area contributed by atoms with Gasteiger partial charge in [0.1, 0.15) is 5.76 Å². The number of pyridine rings is 2. The molecule has 0 aliphatic carbocycles. The summed E-state index contributed by atoms with van der Waals surface area (Å²) in [6.45, 7) is 35.0. The zero-order valence-electron chi connectivity index (χ0n) is 42.1. The molecule has 63 heavy (non-hydrogen) atoms. The van der Waals surface area contributed by atoms with Crippen LogP contribution in [0.3, 0.4) is 0 Å². The Bertz CT molecular complexity index is 2540. The number of aryl methyl sites for hydroxylation is 3. The maximum absolute atomic E-state index is 11.9. The van der Waals surface area contributed by atoms with Crippen LogP contribution in [0.1, 0.15) is 104 Å². The molecule has 2 heterocycles. The largest absolute Gasteiger partial charge is 0.512 e. The summed E-state index contributed by atoms with van der Waals surface area (Å²) >= 11 is 0. The van der Waals surface area contributed by atoms with Crippen molar-refractivity contribution in [2.24, 2.45) is 11.3 Å². The Morgan fingerprint density at radius 3 is 1.70 bits per heavy atom. The van der Waals surface area contributed by atoms with Gasteiger partial charge in [-0.15, -0.1) is 69.8 Å². The van der Waals surface area contributed by atoms with Gasteiger partial charge in [0.15, 0.2) is 5.78 Å². The molecule has 1 radical (unpaired) electrons. The van der Waals surface area contributed by atoms with Gasteiger partial charge in [0.25, 0.3) is 0 Å². The fraction of sp³-hybridized carbons (Fsp3) is 0.411. The number of aliphatic hydroxyl groups excluding tert-OH is 1. The summed E-state index contributed by atoms with van der Waals surface area (Å²) in [5.74, 6) is 0.871. The fourth-order valence-electron chi connectivity index (χ4n) is 7.61. The van der Waals surface area contributed by atoms with Gasteiger partial charge in [0.05, 0.1) is 17.5 Å². The van der Waals surface area contributed by atoms with E-state index in [1.165, 1.54) is 43.9 Å². The number of carbonyl (C=O) groups is 1. The summed E-state index contributed by atoms with van der Waals surface area (Å²) in [4.78, 5) is 21.0. The first-order valence-corrected chi connectivity index (χ1v) is 29.8. The summed E-state index contributed by atoms with van der Waals surface area (Å²) in [6.07, 6.45) is 7.07. The maximum atomic E-state index is 11.9. The second kappa shape index (κ2) is 22.8. The Hall–Kier alpha value is -4.01. The molecular formula is C56H74IrN2O2Si2-2. The SMILES string of the molecule is CCC(CC)C(=O)/C=C(\O)C(C)(CC)CC.Cc1[c-]c(-c2nccc3cc([Si](C)(C)C)ccc23)cc(C(C)C)c1.[2H]c1cc2cc([Si](C)(C)C)ccc2c(-c2[c-]c(C)cc(C)c2)n1.[Ir]. The zero-order chi connectivity index (χ0) is 47.0. The Morgan fingerprint density at radius 2 is 1.22 bits per heavy atom. The maximum Gasteiger partial charge on any atom is 0.162 e. The van der Waals surface area contributed by atoms with Crippen molar-refractivity contribution in [3.63, 3.8) is 0 Å². The summed E-state index contributed by atoms with van der Waals surface area (Å²) < 4.78 is 8.09.